The van der Waals surface area contributed by atoms with Gasteiger partial charge in [0, 0.05) is 24.9 Å². The number of alkyl halides is 3. The summed E-state index contributed by atoms with van der Waals surface area (Å²) in [7, 11) is 0. The lowest BCUT2D eigenvalue weighted by molar-refractivity contribution is -0.146. The van der Waals surface area contributed by atoms with Crippen LogP contribution in [-0.4, -0.2) is 67.9 Å². The molecule has 1 aromatic carbocycles. The van der Waals surface area contributed by atoms with Gasteiger partial charge in [-0.1, -0.05) is 12.1 Å². The molecule has 3 heterocycles. The van der Waals surface area contributed by atoms with Gasteiger partial charge in [0.15, 0.2) is 0 Å². The van der Waals surface area contributed by atoms with Crippen LogP contribution in [0.3, 0.4) is 0 Å². The van der Waals surface area contributed by atoms with Gasteiger partial charge in [0.1, 0.15) is 29.1 Å². The number of pyridine rings is 1. The van der Waals surface area contributed by atoms with E-state index in [-0.39, 0.29) is 31.6 Å². The number of carbonyl (C=O) groups is 3. The van der Waals surface area contributed by atoms with Gasteiger partial charge in [0.05, 0.1) is 23.7 Å². The fraction of sp³-hybridized carbons (Fsp3) is 0.483. The summed E-state index contributed by atoms with van der Waals surface area (Å²) < 4.78 is 49.6. The Labute approximate surface area is 240 Å². The van der Waals surface area contributed by atoms with Gasteiger partial charge in [-0.15, -0.1) is 0 Å². The van der Waals surface area contributed by atoms with Crippen LogP contribution in [-0.2, 0) is 19.7 Å². The van der Waals surface area contributed by atoms with Gasteiger partial charge in [-0.25, -0.2) is 22.9 Å². The molecule has 0 bridgehead atoms. The number of nitrogens with one attached hydrogen (secondary N) is 1. The molecule has 2 aliphatic rings. The summed E-state index contributed by atoms with van der Waals surface area (Å²) >= 11 is 0. The van der Waals surface area contributed by atoms with E-state index >= 15 is 0 Å². The number of nitrogen functional groups attached to an aromatic ring is 1. The van der Waals surface area contributed by atoms with Crippen LogP contribution in [0.5, 0.6) is 0 Å². The second kappa shape index (κ2) is 10.6. The summed E-state index contributed by atoms with van der Waals surface area (Å²) in [6, 6.07) is 8.25. The fourth-order valence-corrected chi connectivity index (χ4v) is 5.65. The maximum absolute atomic E-state index is 14.8. The lowest BCUT2D eigenvalue weighted by atomic mass is 9.67. The van der Waals surface area contributed by atoms with Crippen LogP contribution in [0.25, 0.3) is 11.0 Å². The minimum absolute atomic E-state index is 0.108. The lowest BCUT2D eigenvalue weighted by Gasteiger charge is -2.42. The zero-order valence-corrected chi connectivity index (χ0v) is 23.6. The molecule has 1 aliphatic carbocycles. The molecule has 3 N–H and O–H groups in total. The van der Waals surface area contributed by atoms with Gasteiger partial charge in [-0.3, -0.25) is 9.59 Å². The molecule has 13 heteroatoms. The molecule has 2 amide bonds. The molecular formula is C29H33F3N6O4. The molecule has 0 unspecified atom stereocenters. The average Bonchev–Trinajstić information content (AvgIpc) is 3.51. The summed E-state index contributed by atoms with van der Waals surface area (Å²) in [5, 5.41) is 6.66. The van der Waals surface area contributed by atoms with Crippen LogP contribution in [0.15, 0.2) is 42.6 Å². The SMILES string of the molecule is CC(C)(C)OC(=O)n1ncc2nc(NC(=O)[C@H]3C[C@@H](F)CN3C(=O)C3(c4ccc(N)cc4)CCC(F)(F)CC3)ccc21. The Morgan fingerprint density at radius 2 is 1.71 bits per heavy atom. The van der Waals surface area contributed by atoms with Crippen LogP contribution in [0, 0.1) is 0 Å². The van der Waals surface area contributed by atoms with E-state index in [0.717, 1.165) is 4.68 Å². The van der Waals surface area contributed by atoms with Crippen LogP contribution >= 0.6 is 0 Å². The Hall–Kier alpha value is -4.16. The Balaban J connectivity index is 1.38. The summed E-state index contributed by atoms with van der Waals surface area (Å²) in [4.78, 5) is 45.5. The van der Waals surface area contributed by atoms with Crippen molar-refractivity contribution in [3.8, 4) is 0 Å². The molecule has 3 aromatic rings. The number of likely N-dealkylation sites (tertiary alicyclic amines) is 1. The van der Waals surface area contributed by atoms with Gasteiger partial charge in [0.25, 0.3) is 0 Å². The molecule has 2 fully saturated rings. The van der Waals surface area contributed by atoms with Gasteiger partial charge in [0.2, 0.25) is 17.7 Å². The van der Waals surface area contributed by atoms with Gasteiger partial charge in [-0.05, 0) is 63.4 Å². The summed E-state index contributed by atoms with van der Waals surface area (Å²) in [6.07, 6.45) is -2.38. The third kappa shape index (κ3) is 5.77. The number of anilines is 2. The van der Waals surface area contributed by atoms with Crippen molar-refractivity contribution in [1.29, 1.82) is 0 Å². The van der Waals surface area contributed by atoms with Crippen molar-refractivity contribution in [1.82, 2.24) is 19.7 Å². The summed E-state index contributed by atoms with van der Waals surface area (Å²) in [5.41, 5.74) is 5.34. The van der Waals surface area contributed by atoms with Gasteiger partial charge >= 0.3 is 6.09 Å². The molecule has 224 valence electrons. The zero-order chi connectivity index (χ0) is 30.4. The maximum Gasteiger partial charge on any atom is 0.435 e. The minimum atomic E-state index is -2.91. The number of amides is 2. The number of aromatic nitrogens is 3. The van der Waals surface area contributed by atoms with Crippen molar-refractivity contribution in [2.75, 3.05) is 17.6 Å². The molecule has 0 radical (unpaired) electrons. The standard InChI is InChI=1S/C29H33F3N6O4/c1-27(2,3)42-26(41)38-21-8-9-23(35-20(21)15-34-38)36-24(39)22-14-18(30)16-37(22)25(40)28(10-12-29(31,32)13-11-28)17-4-6-19(33)7-5-17/h4-9,15,18,22H,10-14,16,33H2,1-3H3,(H,35,36,39)/t18-,22-/m1/s1. The number of carbonyl (C=O) groups excluding carboxylic acids is 3. The van der Waals surface area contributed by atoms with E-state index in [1.807, 2.05) is 0 Å². The van der Waals surface area contributed by atoms with Crippen molar-refractivity contribution in [3.05, 3.63) is 48.2 Å². The van der Waals surface area contributed by atoms with E-state index < -0.39 is 59.9 Å². The number of nitrogens with zero attached hydrogens (tertiary/aromatic N) is 4. The molecule has 2 aromatic heterocycles. The van der Waals surface area contributed by atoms with E-state index in [2.05, 4.69) is 15.4 Å². The highest BCUT2D eigenvalue weighted by Crippen LogP contribution is 2.47. The Morgan fingerprint density at radius 1 is 1.05 bits per heavy atom. The number of rotatable bonds is 4. The molecule has 5 rings (SSSR count). The number of ether oxygens (including phenoxy) is 1. The predicted octanol–water partition coefficient (Wildman–Crippen LogP) is 4.82. The minimum Gasteiger partial charge on any atom is -0.442 e. The predicted molar refractivity (Wildman–Crippen MR) is 149 cm³/mol. The fourth-order valence-electron chi connectivity index (χ4n) is 5.65. The average molecular weight is 587 g/mol. The quantitative estimate of drug-likeness (QED) is 0.419. The molecule has 10 nitrogen and oxygen atoms in total. The van der Waals surface area contributed by atoms with Crippen molar-refractivity contribution >= 4 is 40.4 Å². The van der Waals surface area contributed by atoms with E-state index in [1.165, 1.54) is 23.2 Å². The zero-order valence-electron chi connectivity index (χ0n) is 23.6. The van der Waals surface area contributed by atoms with Crippen molar-refractivity contribution in [3.63, 3.8) is 0 Å². The molecular weight excluding hydrogens is 553 g/mol. The van der Waals surface area contributed by atoms with Crippen LogP contribution in [0.1, 0.15) is 58.4 Å². The van der Waals surface area contributed by atoms with Crippen LogP contribution in [0.4, 0.5) is 29.5 Å². The smallest absolute Gasteiger partial charge is 0.435 e. The Morgan fingerprint density at radius 3 is 2.36 bits per heavy atom. The molecule has 0 spiro atoms. The number of hydrogen-bond acceptors (Lipinski definition) is 7. The normalized spacial score (nSPS) is 21.7. The van der Waals surface area contributed by atoms with Crippen LogP contribution in [0.2, 0.25) is 0 Å². The highest BCUT2D eigenvalue weighted by molar-refractivity contribution is 6.00. The second-order valence-corrected chi connectivity index (χ2v) is 12.0. The Kier molecular flexibility index (Phi) is 7.40. The number of nitrogens with two attached hydrogens (primary N) is 1. The van der Waals surface area contributed by atoms with E-state index in [0.29, 0.717) is 22.3 Å². The summed E-state index contributed by atoms with van der Waals surface area (Å²) in [5.74, 6) is -4.03. The monoisotopic (exact) mass is 586 g/mol. The first-order valence-corrected chi connectivity index (χ1v) is 13.8. The first kappa shape index (κ1) is 29.3. The highest BCUT2D eigenvalue weighted by atomic mass is 19.3. The number of fused-ring (bicyclic) bond motifs is 1. The lowest BCUT2D eigenvalue weighted by Crippen LogP contribution is -2.54. The molecule has 1 aliphatic heterocycles. The Bertz CT molecular complexity index is 1510. The second-order valence-electron chi connectivity index (χ2n) is 12.0. The maximum atomic E-state index is 14.8. The number of benzene rings is 1. The third-order valence-corrected chi connectivity index (χ3v) is 7.77. The molecule has 42 heavy (non-hydrogen) atoms. The first-order chi connectivity index (χ1) is 19.7. The largest absolute Gasteiger partial charge is 0.442 e. The first-order valence-electron chi connectivity index (χ1n) is 13.8. The van der Waals surface area contributed by atoms with Crippen molar-refractivity contribution in [2.45, 2.75) is 82.0 Å². The van der Waals surface area contributed by atoms with E-state index in [9.17, 15) is 27.6 Å². The van der Waals surface area contributed by atoms with Crippen molar-refractivity contribution < 1.29 is 32.3 Å². The van der Waals surface area contributed by atoms with Gasteiger partial charge in [-0.2, -0.15) is 9.78 Å². The highest BCUT2D eigenvalue weighted by Gasteiger charge is 2.53. The van der Waals surface area contributed by atoms with Gasteiger partial charge < -0.3 is 20.7 Å². The molecule has 1 saturated carbocycles. The molecule has 1 saturated heterocycles. The van der Waals surface area contributed by atoms with E-state index in [1.54, 1.807) is 45.0 Å². The third-order valence-electron chi connectivity index (χ3n) is 7.77. The summed E-state index contributed by atoms with van der Waals surface area (Å²) in [6.45, 7) is 4.84. The topological polar surface area (TPSA) is 132 Å². The number of hydrogen-bond donors (Lipinski definition) is 2. The van der Waals surface area contributed by atoms with Crippen LogP contribution < -0.4 is 11.1 Å². The number of halogens is 3. The van der Waals surface area contributed by atoms with Crippen molar-refractivity contribution in [2.24, 2.45) is 0 Å². The molecule has 2 atom stereocenters. The van der Waals surface area contributed by atoms with E-state index in [4.69, 9.17) is 10.5 Å².